The van der Waals surface area contributed by atoms with Crippen LogP contribution in [0.4, 0.5) is 5.69 Å². The van der Waals surface area contributed by atoms with Crippen molar-refractivity contribution in [2.45, 2.75) is 39.0 Å². The maximum absolute atomic E-state index is 13.1. The molecular formula is C23H24N2O6. The number of anilines is 1. The molecule has 2 amide bonds. The molecule has 8 nitrogen and oxygen atoms in total. The topological polar surface area (TPSA) is 94.2 Å². The predicted molar refractivity (Wildman–Crippen MR) is 112 cm³/mol. The number of nitrogens with one attached hydrogen (secondary N) is 1. The van der Waals surface area contributed by atoms with Crippen molar-refractivity contribution in [2.24, 2.45) is 0 Å². The highest BCUT2D eigenvalue weighted by atomic mass is 16.6. The minimum absolute atomic E-state index is 0.196. The average molecular weight is 424 g/mol. The summed E-state index contributed by atoms with van der Waals surface area (Å²) in [6.45, 7) is 3.89. The Hall–Kier alpha value is -3.55. The standard InChI is InChI=1S/C23H24N2O6/c1-12-5-7-15(13(2)11-12)24-21(27)16-8-10-18(26)25(16)22-14-6-9-17(29-3)20(30-4)19(14)23(28)31-22/h5-7,9,11,16,22H,8,10H2,1-4H3,(H,24,27)/t16-,22+/m0/s1. The summed E-state index contributed by atoms with van der Waals surface area (Å²) in [5.41, 5.74) is 3.39. The van der Waals surface area contributed by atoms with Crippen LogP contribution in [0.3, 0.4) is 0 Å². The molecule has 2 aliphatic heterocycles. The van der Waals surface area contributed by atoms with E-state index >= 15 is 0 Å². The molecule has 0 saturated carbocycles. The average Bonchev–Trinajstić information content (AvgIpc) is 3.29. The zero-order chi connectivity index (χ0) is 22.3. The highest BCUT2D eigenvalue weighted by Crippen LogP contribution is 2.45. The molecule has 162 valence electrons. The Morgan fingerprint density at radius 2 is 1.90 bits per heavy atom. The zero-order valence-corrected chi connectivity index (χ0v) is 17.9. The lowest BCUT2D eigenvalue weighted by Gasteiger charge is -2.29. The van der Waals surface area contributed by atoms with E-state index in [9.17, 15) is 14.4 Å². The number of esters is 1. The van der Waals surface area contributed by atoms with Crippen molar-refractivity contribution in [3.05, 3.63) is 52.6 Å². The fraction of sp³-hybridized carbons (Fsp3) is 0.348. The second-order valence-corrected chi connectivity index (χ2v) is 7.69. The number of benzene rings is 2. The number of hydrogen-bond acceptors (Lipinski definition) is 6. The normalized spacial score (nSPS) is 19.8. The van der Waals surface area contributed by atoms with E-state index < -0.39 is 18.2 Å². The van der Waals surface area contributed by atoms with Gasteiger partial charge in [-0.2, -0.15) is 0 Å². The molecule has 0 unspecified atom stereocenters. The number of nitrogens with zero attached hydrogens (tertiary/aromatic N) is 1. The van der Waals surface area contributed by atoms with Crippen LogP contribution in [0.25, 0.3) is 0 Å². The maximum atomic E-state index is 13.1. The van der Waals surface area contributed by atoms with E-state index in [0.29, 0.717) is 23.4 Å². The van der Waals surface area contributed by atoms with Crippen molar-refractivity contribution in [1.82, 2.24) is 4.90 Å². The van der Waals surface area contributed by atoms with Gasteiger partial charge < -0.3 is 19.5 Å². The van der Waals surface area contributed by atoms with Crippen molar-refractivity contribution >= 4 is 23.5 Å². The molecule has 0 spiro atoms. The van der Waals surface area contributed by atoms with Gasteiger partial charge in [-0.3, -0.25) is 14.5 Å². The van der Waals surface area contributed by atoms with Crippen LogP contribution >= 0.6 is 0 Å². The first-order chi connectivity index (χ1) is 14.8. The highest BCUT2D eigenvalue weighted by molar-refractivity contribution is 6.01. The number of likely N-dealkylation sites (tertiary alicyclic amines) is 1. The summed E-state index contributed by atoms with van der Waals surface area (Å²) >= 11 is 0. The van der Waals surface area contributed by atoms with Crippen LogP contribution in [0.1, 0.15) is 46.1 Å². The number of ether oxygens (including phenoxy) is 3. The Morgan fingerprint density at radius 1 is 1.13 bits per heavy atom. The first-order valence-corrected chi connectivity index (χ1v) is 10.0. The molecule has 4 rings (SSSR count). The first-order valence-electron chi connectivity index (χ1n) is 10.0. The molecule has 8 heteroatoms. The van der Waals surface area contributed by atoms with Gasteiger partial charge in [-0.25, -0.2) is 4.79 Å². The number of cyclic esters (lactones) is 1. The van der Waals surface area contributed by atoms with Gasteiger partial charge in [0.25, 0.3) is 0 Å². The number of carbonyl (C=O) groups is 3. The van der Waals surface area contributed by atoms with Gasteiger partial charge in [-0.05, 0) is 44.0 Å². The van der Waals surface area contributed by atoms with Crippen molar-refractivity contribution in [2.75, 3.05) is 19.5 Å². The van der Waals surface area contributed by atoms with Crippen LogP contribution in [0.15, 0.2) is 30.3 Å². The number of methoxy groups -OCH3 is 2. The van der Waals surface area contributed by atoms with Crippen molar-refractivity contribution < 1.29 is 28.6 Å². The minimum Gasteiger partial charge on any atom is -0.493 e. The lowest BCUT2D eigenvalue weighted by Crippen LogP contribution is -2.44. The Labute approximate surface area is 180 Å². The first kappa shape index (κ1) is 20.7. The van der Waals surface area contributed by atoms with E-state index in [1.807, 2.05) is 32.0 Å². The summed E-state index contributed by atoms with van der Waals surface area (Å²) in [6, 6.07) is 8.28. The summed E-state index contributed by atoms with van der Waals surface area (Å²) < 4.78 is 16.2. The van der Waals surface area contributed by atoms with Gasteiger partial charge in [0, 0.05) is 17.7 Å². The fourth-order valence-corrected chi connectivity index (χ4v) is 4.21. The SMILES string of the molecule is COc1ccc2c(c1OC)C(=O)O[C@H]2N1C(=O)CC[C@H]1C(=O)Nc1ccc(C)cc1C. The summed E-state index contributed by atoms with van der Waals surface area (Å²) in [5, 5.41) is 2.91. The molecule has 1 N–H and O–H groups in total. The summed E-state index contributed by atoms with van der Waals surface area (Å²) in [4.78, 5) is 39.8. The number of amides is 2. The minimum atomic E-state index is -0.993. The van der Waals surface area contributed by atoms with E-state index in [2.05, 4.69) is 5.32 Å². The molecule has 0 radical (unpaired) electrons. The van der Waals surface area contributed by atoms with Crippen molar-refractivity contribution in [3.63, 3.8) is 0 Å². The lowest BCUT2D eigenvalue weighted by atomic mass is 10.0. The van der Waals surface area contributed by atoms with Crippen molar-refractivity contribution in [1.29, 1.82) is 0 Å². The Bertz CT molecular complexity index is 1080. The quantitative estimate of drug-likeness (QED) is 0.742. The van der Waals surface area contributed by atoms with E-state index in [1.54, 1.807) is 12.1 Å². The highest BCUT2D eigenvalue weighted by Gasteiger charge is 2.47. The third kappa shape index (κ3) is 3.48. The summed E-state index contributed by atoms with van der Waals surface area (Å²) in [7, 11) is 2.90. The van der Waals surface area contributed by atoms with E-state index in [4.69, 9.17) is 14.2 Å². The second-order valence-electron chi connectivity index (χ2n) is 7.69. The molecule has 2 heterocycles. The van der Waals surface area contributed by atoms with Gasteiger partial charge >= 0.3 is 5.97 Å². The van der Waals surface area contributed by atoms with E-state index in [-0.39, 0.29) is 29.5 Å². The third-order valence-corrected chi connectivity index (χ3v) is 5.72. The molecule has 2 aromatic carbocycles. The molecule has 2 aliphatic rings. The predicted octanol–water partition coefficient (Wildman–Crippen LogP) is 3.12. The van der Waals surface area contributed by atoms with Gasteiger partial charge in [0.15, 0.2) is 11.5 Å². The number of carbonyl (C=O) groups excluding carboxylic acids is 3. The van der Waals surface area contributed by atoms with Crippen LogP contribution in [0.5, 0.6) is 11.5 Å². The lowest BCUT2D eigenvalue weighted by molar-refractivity contribution is -0.144. The Kier molecular flexibility index (Phi) is 5.31. The summed E-state index contributed by atoms with van der Waals surface area (Å²) in [5.74, 6) is -0.556. The smallest absolute Gasteiger partial charge is 0.344 e. The van der Waals surface area contributed by atoms with Crippen molar-refractivity contribution in [3.8, 4) is 11.5 Å². The molecule has 31 heavy (non-hydrogen) atoms. The fourth-order valence-electron chi connectivity index (χ4n) is 4.21. The Morgan fingerprint density at radius 3 is 2.58 bits per heavy atom. The monoisotopic (exact) mass is 424 g/mol. The summed E-state index contributed by atoms with van der Waals surface area (Å²) in [6.07, 6.45) is -0.458. The van der Waals surface area contributed by atoms with Crippen LogP contribution in [-0.2, 0) is 14.3 Å². The molecule has 1 saturated heterocycles. The van der Waals surface area contributed by atoms with E-state index in [0.717, 1.165) is 11.1 Å². The third-order valence-electron chi connectivity index (χ3n) is 5.72. The maximum Gasteiger partial charge on any atom is 0.344 e. The number of hydrogen-bond donors (Lipinski definition) is 1. The number of aryl methyl sites for hydroxylation is 2. The van der Waals surface area contributed by atoms with Crippen LogP contribution in [0, 0.1) is 13.8 Å². The number of rotatable bonds is 5. The molecule has 2 aromatic rings. The molecule has 2 atom stereocenters. The molecular weight excluding hydrogens is 400 g/mol. The van der Waals surface area contributed by atoms with Gasteiger partial charge in [0.2, 0.25) is 18.0 Å². The van der Waals surface area contributed by atoms with Crippen LogP contribution in [0.2, 0.25) is 0 Å². The zero-order valence-electron chi connectivity index (χ0n) is 17.9. The number of fused-ring (bicyclic) bond motifs is 1. The van der Waals surface area contributed by atoms with Gasteiger partial charge in [0.1, 0.15) is 11.6 Å². The van der Waals surface area contributed by atoms with Gasteiger partial charge in [-0.15, -0.1) is 0 Å². The van der Waals surface area contributed by atoms with Gasteiger partial charge in [-0.1, -0.05) is 17.7 Å². The Balaban J connectivity index is 1.65. The van der Waals surface area contributed by atoms with Crippen LogP contribution < -0.4 is 14.8 Å². The largest absolute Gasteiger partial charge is 0.493 e. The molecule has 1 fully saturated rings. The molecule has 0 bridgehead atoms. The van der Waals surface area contributed by atoms with Gasteiger partial charge in [0.05, 0.1) is 14.2 Å². The van der Waals surface area contributed by atoms with Crippen LogP contribution in [-0.4, -0.2) is 42.9 Å². The molecule has 0 aliphatic carbocycles. The molecule has 0 aromatic heterocycles. The van der Waals surface area contributed by atoms with E-state index in [1.165, 1.54) is 19.1 Å². The second kappa shape index (κ2) is 7.94.